The van der Waals surface area contributed by atoms with Crippen LogP contribution in [0.25, 0.3) is 10.9 Å². The van der Waals surface area contributed by atoms with E-state index in [4.69, 9.17) is 16.3 Å². The van der Waals surface area contributed by atoms with Crippen molar-refractivity contribution in [3.63, 3.8) is 0 Å². The van der Waals surface area contributed by atoms with Crippen LogP contribution in [-0.4, -0.2) is 31.3 Å². The number of piperidine rings is 1. The lowest BCUT2D eigenvalue weighted by Gasteiger charge is -2.38. The molecule has 2 heterocycles. The monoisotopic (exact) mass is 304 g/mol. The Bertz CT molecular complexity index is 631. The van der Waals surface area contributed by atoms with Crippen LogP contribution in [0.1, 0.15) is 19.0 Å². The van der Waals surface area contributed by atoms with Gasteiger partial charge < -0.3 is 9.64 Å². The number of rotatable bonds is 3. The van der Waals surface area contributed by atoms with Crippen molar-refractivity contribution >= 4 is 28.2 Å². The number of ether oxygens (including phenoxy) is 1. The molecule has 112 valence electrons. The summed E-state index contributed by atoms with van der Waals surface area (Å²) in [5, 5.41) is 1.19. The molecule has 0 spiro atoms. The maximum atomic E-state index is 6.01. The number of aromatic nitrogens is 1. The highest BCUT2D eigenvalue weighted by Gasteiger charge is 2.27. The number of alkyl halides is 1. The molecule has 2 unspecified atom stereocenters. The third-order valence-electron chi connectivity index (χ3n) is 4.42. The van der Waals surface area contributed by atoms with E-state index in [9.17, 15) is 0 Å². The minimum atomic E-state index is 0.283. The number of hydrogen-bond donors (Lipinski definition) is 0. The van der Waals surface area contributed by atoms with Crippen molar-refractivity contribution < 1.29 is 4.74 Å². The lowest BCUT2D eigenvalue weighted by Crippen LogP contribution is -2.44. The summed E-state index contributed by atoms with van der Waals surface area (Å²) in [4.78, 5) is 7.02. The number of halogens is 1. The van der Waals surface area contributed by atoms with Gasteiger partial charge in [0.15, 0.2) is 0 Å². The standard InChI is InChI=1S/C17H21ClN2O/c1-12-7-8-20(11-17(12)21-2)16-9-13(10-18)19-15-6-4-3-5-14(15)16/h3-6,9,12,17H,7-8,10-11H2,1-2H3. The lowest BCUT2D eigenvalue weighted by atomic mass is 9.95. The molecule has 1 aromatic heterocycles. The van der Waals surface area contributed by atoms with Crippen LogP contribution in [0.4, 0.5) is 5.69 Å². The first-order chi connectivity index (χ1) is 10.2. The van der Waals surface area contributed by atoms with Crippen LogP contribution >= 0.6 is 11.6 Å². The first-order valence-corrected chi connectivity index (χ1v) is 7.98. The molecule has 1 aliphatic heterocycles. The van der Waals surface area contributed by atoms with Gasteiger partial charge in [-0.1, -0.05) is 25.1 Å². The molecular weight excluding hydrogens is 284 g/mol. The molecule has 3 nitrogen and oxygen atoms in total. The van der Waals surface area contributed by atoms with Gasteiger partial charge in [0.1, 0.15) is 0 Å². The minimum absolute atomic E-state index is 0.283. The van der Waals surface area contributed by atoms with Gasteiger partial charge in [0.25, 0.3) is 0 Å². The summed E-state index contributed by atoms with van der Waals surface area (Å²) < 4.78 is 5.64. The molecule has 2 aromatic rings. The first-order valence-electron chi connectivity index (χ1n) is 7.45. The zero-order chi connectivity index (χ0) is 14.8. The number of anilines is 1. The van der Waals surface area contributed by atoms with Gasteiger partial charge in [0.2, 0.25) is 0 Å². The highest BCUT2D eigenvalue weighted by atomic mass is 35.5. The van der Waals surface area contributed by atoms with Gasteiger partial charge in [0.05, 0.1) is 23.2 Å². The van der Waals surface area contributed by atoms with Gasteiger partial charge >= 0.3 is 0 Å². The van der Waals surface area contributed by atoms with E-state index < -0.39 is 0 Å². The molecule has 3 rings (SSSR count). The third-order valence-corrected chi connectivity index (χ3v) is 4.69. The van der Waals surface area contributed by atoms with Crippen molar-refractivity contribution in [2.24, 2.45) is 5.92 Å². The average molecular weight is 305 g/mol. The topological polar surface area (TPSA) is 25.4 Å². The smallest absolute Gasteiger partial charge is 0.0772 e. The van der Waals surface area contributed by atoms with E-state index in [1.165, 1.54) is 11.1 Å². The fraction of sp³-hybridized carbons (Fsp3) is 0.471. The predicted octanol–water partition coefficient (Wildman–Crippen LogP) is 3.83. The van der Waals surface area contributed by atoms with Crippen LogP contribution < -0.4 is 4.90 Å². The lowest BCUT2D eigenvalue weighted by molar-refractivity contribution is 0.0499. The fourth-order valence-electron chi connectivity index (χ4n) is 3.10. The average Bonchev–Trinajstić information content (AvgIpc) is 2.54. The number of pyridine rings is 1. The molecule has 21 heavy (non-hydrogen) atoms. The highest BCUT2D eigenvalue weighted by molar-refractivity contribution is 6.17. The molecule has 0 bridgehead atoms. The van der Waals surface area contributed by atoms with Crippen LogP contribution in [0.5, 0.6) is 0 Å². The summed E-state index contributed by atoms with van der Waals surface area (Å²) in [5.41, 5.74) is 3.17. The largest absolute Gasteiger partial charge is 0.379 e. The second kappa shape index (κ2) is 6.20. The number of nitrogens with zero attached hydrogens (tertiary/aromatic N) is 2. The second-order valence-corrected chi connectivity index (χ2v) is 6.04. The number of methoxy groups -OCH3 is 1. The van der Waals surface area contributed by atoms with Crippen molar-refractivity contribution in [1.82, 2.24) is 4.98 Å². The molecular formula is C17H21ClN2O. The van der Waals surface area contributed by atoms with Gasteiger partial charge in [-0.15, -0.1) is 11.6 Å². The van der Waals surface area contributed by atoms with Crippen molar-refractivity contribution in [3.8, 4) is 0 Å². The molecule has 1 aromatic carbocycles. The van der Waals surface area contributed by atoms with E-state index in [1.807, 2.05) is 6.07 Å². The van der Waals surface area contributed by atoms with Crippen LogP contribution in [-0.2, 0) is 10.6 Å². The van der Waals surface area contributed by atoms with E-state index in [0.29, 0.717) is 11.8 Å². The first kappa shape index (κ1) is 14.6. The SMILES string of the molecule is COC1CN(c2cc(CCl)nc3ccccc23)CCC1C. The van der Waals surface area contributed by atoms with E-state index >= 15 is 0 Å². The summed E-state index contributed by atoms with van der Waals surface area (Å²) in [6.07, 6.45) is 1.43. The predicted molar refractivity (Wildman–Crippen MR) is 88.1 cm³/mol. The van der Waals surface area contributed by atoms with E-state index in [2.05, 4.69) is 41.1 Å². The summed E-state index contributed by atoms with van der Waals surface area (Å²) in [6, 6.07) is 10.4. The Balaban J connectivity index is 2.02. The Morgan fingerprint density at radius 1 is 1.38 bits per heavy atom. The highest BCUT2D eigenvalue weighted by Crippen LogP contribution is 2.31. The van der Waals surface area contributed by atoms with Gasteiger partial charge in [-0.2, -0.15) is 0 Å². The maximum Gasteiger partial charge on any atom is 0.0772 e. The molecule has 2 atom stereocenters. The zero-order valence-electron chi connectivity index (χ0n) is 12.6. The Morgan fingerprint density at radius 2 is 2.19 bits per heavy atom. The van der Waals surface area contributed by atoms with Crippen LogP contribution in [0, 0.1) is 5.92 Å². The third kappa shape index (κ3) is 2.85. The molecule has 0 radical (unpaired) electrons. The Morgan fingerprint density at radius 3 is 2.95 bits per heavy atom. The van der Waals surface area contributed by atoms with Crippen molar-refractivity contribution in [3.05, 3.63) is 36.0 Å². The minimum Gasteiger partial charge on any atom is -0.379 e. The van der Waals surface area contributed by atoms with Gasteiger partial charge in [-0.3, -0.25) is 4.98 Å². The molecule has 1 fully saturated rings. The summed E-state index contributed by atoms with van der Waals surface area (Å²) in [6.45, 7) is 4.24. The molecule has 0 saturated carbocycles. The molecule has 1 saturated heterocycles. The normalized spacial score (nSPS) is 22.7. The Labute approximate surface area is 130 Å². The van der Waals surface area contributed by atoms with Gasteiger partial charge in [-0.05, 0) is 24.5 Å². The quantitative estimate of drug-likeness (QED) is 0.806. The number of para-hydroxylation sites is 1. The van der Waals surface area contributed by atoms with E-state index in [-0.39, 0.29) is 6.10 Å². The number of benzene rings is 1. The number of hydrogen-bond acceptors (Lipinski definition) is 3. The zero-order valence-corrected chi connectivity index (χ0v) is 13.3. The molecule has 0 N–H and O–H groups in total. The summed E-state index contributed by atoms with van der Waals surface area (Å²) in [5.74, 6) is 1.04. The summed E-state index contributed by atoms with van der Waals surface area (Å²) >= 11 is 6.01. The van der Waals surface area contributed by atoms with E-state index in [0.717, 1.165) is 30.7 Å². The van der Waals surface area contributed by atoms with Crippen LogP contribution in [0.15, 0.2) is 30.3 Å². The van der Waals surface area contributed by atoms with Crippen molar-refractivity contribution in [1.29, 1.82) is 0 Å². The maximum absolute atomic E-state index is 6.01. The van der Waals surface area contributed by atoms with Gasteiger partial charge in [0, 0.05) is 31.3 Å². The molecule has 0 aliphatic carbocycles. The Kier molecular flexibility index (Phi) is 4.32. The fourth-order valence-corrected chi connectivity index (χ4v) is 3.24. The summed E-state index contributed by atoms with van der Waals surface area (Å²) in [7, 11) is 1.81. The van der Waals surface area contributed by atoms with Gasteiger partial charge in [-0.25, -0.2) is 0 Å². The molecule has 0 amide bonds. The Hall–Kier alpha value is -1.32. The van der Waals surface area contributed by atoms with Crippen molar-refractivity contribution in [2.75, 3.05) is 25.1 Å². The van der Waals surface area contributed by atoms with Crippen LogP contribution in [0.2, 0.25) is 0 Å². The van der Waals surface area contributed by atoms with Crippen LogP contribution in [0.3, 0.4) is 0 Å². The second-order valence-electron chi connectivity index (χ2n) is 5.77. The molecule has 4 heteroatoms. The molecule has 1 aliphatic rings. The van der Waals surface area contributed by atoms with Crippen molar-refractivity contribution in [2.45, 2.75) is 25.3 Å². The van der Waals surface area contributed by atoms with E-state index in [1.54, 1.807) is 7.11 Å². The number of fused-ring (bicyclic) bond motifs is 1.